The number of halogens is 2. The van der Waals surface area contributed by atoms with Crippen molar-refractivity contribution >= 4 is 45.9 Å². The third kappa shape index (κ3) is 13.4. The van der Waals surface area contributed by atoms with Crippen LogP contribution in [-0.2, 0) is 13.3 Å². The average Bonchev–Trinajstić information content (AvgIpc) is 2.72. The monoisotopic (exact) mass is 539 g/mol. The van der Waals surface area contributed by atoms with E-state index in [0.717, 1.165) is 5.19 Å². The van der Waals surface area contributed by atoms with Gasteiger partial charge in [0.1, 0.15) is 0 Å². The second-order valence-electron chi connectivity index (χ2n) is 6.30. The minimum atomic E-state index is -2.71. The van der Waals surface area contributed by atoms with Gasteiger partial charge in [-0.15, -0.1) is 0 Å². The van der Waals surface area contributed by atoms with Gasteiger partial charge < -0.3 is 13.3 Å². The number of aromatic nitrogens is 1. The quantitative estimate of drug-likeness (QED) is 0.141. The molecule has 0 aliphatic heterocycles. The van der Waals surface area contributed by atoms with Gasteiger partial charge in [-0.25, -0.2) is 0 Å². The molecule has 0 unspecified atom stereocenters. The predicted molar refractivity (Wildman–Crippen MR) is 129 cm³/mol. The van der Waals surface area contributed by atoms with Crippen LogP contribution in [0.2, 0.25) is 0 Å². The molecular weight excluding hydrogens is 502 g/mol. The first-order chi connectivity index (χ1) is 13.7. The van der Waals surface area contributed by atoms with Gasteiger partial charge in [0.25, 0.3) is 0 Å². The molecule has 0 N–H and O–H groups in total. The topological polar surface area (TPSA) is 40.6 Å². The lowest BCUT2D eigenvalue weighted by Gasteiger charge is -2.28. The standard InChI is InChI=1S/C11H19NO3Si.C10H20Br2/c1-4-13-16(14-5-2,15-6-3)11-7-9-12-10-8-11;11-9-7-5-3-1-2-4-6-8-10-12/h7-10H,4-6H2,1-3H3;1-10H2. The number of nitrogens with zero attached hydrogens (tertiary/aromatic N) is 1. The molecule has 0 radical (unpaired) electrons. The number of hydrogen-bond donors (Lipinski definition) is 0. The smallest absolute Gasteiger partial charge is 0.370 e. The Morgan fingerprint density at radius 1 is 0.679 bits per heavy atom. The molecule has 1 aromatic heterocycles. The Hall–Kier alpha value is 0.207. The van der Waals surface area contributed by atoms with Gasteiger partial charge in [0.05, 0.1) is 0 Å². The van der Waals surface area contributed by atoms with E-state index in [9.17, 15) is 0 Å². The summed E-state index contributed by atoms with van der Waals surface area (Å²) in [6, 6.07) is 3.79. The Morgan fingerprint density at radius 3 is 1.36 bits per heavy atom. The summed E-state index contributed by atoms with van der Waals surface area (Å²) in [5, 5.41) is 3.32. The SMILES string of the molecule is BrCCCCCCCCCCBr.CCO[Si](OCC)(OCC)c1ccncc1. The Labute approximate surface area is 190 Å². The first-order valence-electron chi connectivity index (χ1n) is 10.6. The Bertz CT molecular complexity index is 414. The van der Waals surface area contributed by atoms with Crippen LogP contribution >= 0.6 is 31.9 Å². The summed E-state index contributed by atoms with van der Waals surface area (Å²) in [5.74, 6) is 0. The van der Waals surface area contributed by atoms with Gasteiger partial charge in [-0.05, 0) is 45.7 Å². The van der Waals surface area contributed by atoms with Gasteiger partial charge in [0, 0.05) is 48.1 Å². The molecule has 1 aromatic rings. The maximum atomic E-state index is 5.76. The van der Waals surface area contributed by atoms with Crippen molar-refractivity contribution in [1.29, 1.82) is 0 Å². The zero-order chi connectivity index (χ0) is 20.9. The molecule has 4 nitrogen and oxygen atoms in total. The summed E-state index contributed by atoms with van der Waals surface area (Å²) in [6.45, 7) is 7.57. The van der Waals surface area contributed by atoms with Crippen LogP contribution in [0.5, 0.6) is 0 Å². The highest BCUT2D eigenvalue weighted by Crippen LogP contribution is 2.10. The Kier molecular flexibility index (Phi) is 20.6. The van der Waals surface area contributed by atoms with Crippen LogP contribution in [-0.4, -0.2) is 44.3 Å². The van der Waals surface area contributed by atoms with Crippen molar-refractivity contribution in [2.24, 2.45) is 0 Å². The molecule has 0 aromatic carbocycles. The van der Waals surface area contributed by atoms with Crippen molar-refractivity contribution < 1.29 is 13.3 Å². The molecule has 0 spiro atoms. The molecule has 0 atom stereocenters. The van der Waals surface area contributed by atoms with E-state index in [1.807, 2.05) is 32.9 Å². The third-order valence-corrected chi connectivity index (χ3v) is 8.22. The summed E-state index contributed by atoms with van der Waals surface area (Å²) < 4.78 is 17.3. The van der Waals surface area contributed by atoms with Gasteiger partial charge in [-0.1, -0.05) is 70.4 Å². The van der Waals surface area contributed by atoms with Gasteiger partial charge in [-0.2, -0.15) is 0 Å². The number of rotatable bonds is 16. The van der Waals surface area contributed by atoms with Crippen LogP contribution in [0.15, 0.2) is 24.5 Å². The molecule has 0 saturated heterocycles. The summed E-state index contributed by atoms with van der Waals surface area (Å²) >= 11 is 6.90. The minimum absolute atomic E-state index is 0.578. The highest BCUT2D eigenvalue weighted by Gasteiger charge is 2.43. The van der Waals surface area contributed by atoms with Crippen molar-refractivity contribution in [3.05, 3.63) is 24.5 Å². The molecule has 28 heavy (non-hydrogen) atoms. The van der Waals surface area contributed by atoms with E-state index in [1.165, 1.54) is 62.0 Å². The third-order valence-electron chi connectivity index (χ3n) is 4.05. The highest BCUT2D eigenvalue weighted by atomic mass is 79.9. The maximum absolute atomic E-state index is 5.76. The second kappa shape index (κ2) is 20.5. The minimum Gasteiger partial charge on any atom is -0.370 e. The van der Waals surface area contributed by atoms with E-state index in [-0.39, 0.29) is 0 Å². The van der Waals surface area contributed by atoms with E-state index in [0.29, 0.717) is 19.8 Å². The van der Waals surface area contributed by atoms with Crippen molar-refractivity contribution in [2.75, 3.05) is 30.5 Å². The number of alkyl halides is 2. The van der Waals surface area contributed by atoms with Gasteiger partial charge in [-0.3, -0.25) is 4.98 Å². The van der Waals surface area contributed by atoms with Crippen LogP contribution < -0.4 is 5.19 Å². The van der Waals surface area contributed by atoms with Crippen LogP contribution in [0.3, 0.4) is 0 Å². The first kappa shape index (κ1) is 28.2. The molecule has 0 aliphatic carbocycles. The van der Waals surface area contributed by atoms with Gasteiger partial charge in [0.2, 0.25) is 0 Å². The number of unbranched alkanes of at least 4 members (excludes halogenated alkanes) is 7. The first-order valence-corrected chi connectivity index (χ1v) is 14.6. The van der Waals surface area contributed by atoms with Crippen molar-refractivity contribution in [1.82, 2.24) is 4.98 Å². The van der Waals surface area contributed by atoms with Crippen molar-refractivity contribution in [3.63, 3.8) is 0 Å². The van der Waals surface area contributed by atoms with Crippen molar-refractivity contribution in [3.8, 4) is 0 Å². The summed E-state index contributed by atoms with van der Waals surface area (Å²) in [4.78, 5) is 3.99. The lowest BCUT2D eigenvalue weighted by molar-refractivity contribution is 0.0859. The zero-order valence-corrected chi connectivity index (χ0v) is 22.1. The fraction of sp³-hybridized carbons (Fsp3) is 0.762. The molecule has 0 saturated carbocycles. The van der Waals surface area contributed by atoms with E-state index >= 15 is 0 Å². The fourth-order valence-electron chi connectivity index (χ4n) is 2.75. The highest BCUT2D eigenvalue weighted by molar-refractivity contribution is 9.09. The normalized spacial score (nSPS) is 11.2. The lowest BCUT2D eigenvalue weighted by Crippen LogP contribution is -2.56. The van der Waals surface area contributed by atoms with Crippen LogP contribution in [0.25, 0.3) is 0 Å². The fourth-order valence-corrected chi connectivity index (χ4v) is 5.99. The van der Waals surface area contributed by atoms with Gasteiger partial charge >= 0.3 is 8.80 Å². The number of hydrogen-bond acceptors (Lipinski definition) is 4. The molecule has 1 rings (SSSR count). The summed E-state index contributed by atoms with van der Waals surface area (Å²) in [7, 11) is -2.71. The molecule has 7 heteroatoms. The van der Waals surface area contributed by atoms with E-state index in [1.54, 1.807) is 12.4 Å². The average molecular weight is 541 g/mol. The molecule has 164 valence electrons. The lowest BCUT2D eigenvalue weighted by atomic mass is 10.1. The molecule has 1 heterocycles. The van der Waals surface area contributed by atoms with Gasteiger partial charge in [0.15, 0.2) is 0 Å². The maximum Gasteiger partial charge on any atom is 0.537 e. The second-order valence-corrected chi connectivity index (χ2v) is 10.4. The predicted octanol–water partition coefficient (Wildman–Crippen LogP) is 6.23. The largest absolute Gasteiger partial charge is 0.537 e. The zero-order valence-electron chi connectivity index (χ0n) is 17.9. The molecule has 0 fully saturated rings. The molecule has 0 amide bonds. The van der Waals surface area contributed by atoms with E-state index in [4.69, 9.17) is 13.3 Å². The summed E-state index contributed by atoms with van der Waals surface area (Å²) in [5.41, 5.74) is 0. The Morgan fingerprint density at radius 2 is 1.04 bits per heavy atom. The Balaban J connectivity index is 0.000000546. The van der Waals surface area contributed by atoms with E-state index < -0.39 is 8.80 Å². The molecule has 0 bridgehead atoms. The van der Waals surface area contributed by atoms with Crippen LogP contribution in [0, 0.1) is 0 Å². The molecular formula is C21H39Br2NO3Si. The van der Waals surface area contributed by atoms with Crippen LogP contribution in [0.1, 0.15) is 72.1 Å². The van der Waals surface area contributed by atoms with Crippen molar-refractivity contribution in [2.45, 2.75) is 72.1 Å². The number of pyridine rings is 1. The molecule has 0 aliphatic rings. The van der Waals surface area contributed by atoms with Crippen LogP contribution in [0.4, 0.5) is 0 Å². The summed E-state index contributed by atoms with van der Waals surface area (Å²) in [6.07, 6.45) is 14.7. The van der Waals surface area contributed by atoms with E-state index in [2.05, 4.69) is 36.8 Å².